The number of piperidine rings is 1. The van der Waals surface area contributed by atoms with E-state index in [0.29, 0.717) is 5.92 Å². The zero-order valence-electron chi connectivity index (χ0n) is 14.5. The SMILES string of the molecule is ON1[C@@H](c2ccccc2)CC(c2ccc(Cl)cc2)C[C@H]1c1ccccc1. The Labute approximate surface area is 159 Å². The van der Waals surface area contributed by atoms with Gasteiger partial charge in [0.2, 0.25) is 0 Å². The number of halogens is 1. The first-order valence-corrected chi connectivity index (χ1v) is 9.43. The van der Waals surface area contributed by atoms with E-state index >= 15 is 0 Å². The van der Waals surface area contributed by atoms with Crippen molar-refractivity contribution >= 4 is 11.6 Å². The molecular weight excluding hydrogens is 342 g/mol. The van der Waals surface area contributed by atoms with Crippen molar-refractivity contribution in [1.29, 1.82) is 0 Å². The van der Waals surface area contributed by atoms with Gasteiger partial charge in [-0.15, -0.1) is 0 Å². The highest BCUT2D eigenvalue weighted by atomic mass is 35.5. The highest BCUT2D eigenvalue weighted by Crippen LogP contribution is 2.46. The molecule has 0 spiro atoms. The van der Waals surface area contributed by atoms with Crippen LogP contribution in [0.2, 0.25) is 5.02 Å². The Morgan fingerprint density at radius 2 is 1.12 bits per heavy atom. The lowest BCUT2D eigenvalue weighted by Crippen LogP contribution is -2.36. The van der Waals surface area contributed by atoms with Crippen molar-refractivity contribution in [2.24, 2.45) is 0 Å². The van der Waals surface area contributed by atoms with Gasteiger partial charge in [-0.3, -0.25) is 0 Å². The van der Waals surface area contributed by atoms with Crippen LogP contribution in [0.4, 0.5) is 0 Å². The van der Waals surface area contributed by atoms with Crippen molar-refractivity contribution in [3.8, 4) is 0 Å². The van der Waals surface area contributed by atoms with Gasteiger partial charge < -0.3 is 5.21 Å². The minimum absolute atomic E-state index is 0.0316. The molecule has 1 N–H and O–H groups in total. The van der Waals surface area contributed by atoms with Crippen LogP contribution in [0.1, 0.15) is 47.5 Å². The molecule has 1 fully saturated rings. The van der Waals surface area contributed by atoms with Crippen molar-refractivity contribution in [3.63, 3.8) is 0 Å². The smallest absolute Gasteiger partial charge is 0.0612 e. The monoisotopic (exact) mass is 363 g/mol. The average molecular weight is 364 g/mol. The lowest BCUT2D eigenvalue weighted by molar-refractivity contribution is -0.185. The molecule has 3 aromatic carbocycles. The largest absolute Gasteiger partial charge is 0.313 e. The topological polar surface area (TPSA) is 23.5 Å². The Morgan fingerprint density at radius 1 is 0.654 bits per heavy atom. The zero-order valence-corrected chi connectivity index (χ0v) is 15.3. The maximum Gasteiger partial charge on any atom is 0.0612 e. The normalized spacial score (nSPS) is 23.7. The van der Waals surface area contributed by atoms with Crippen LogP contribution in [0.25, 0.3) is 0 Å². The summed E-state index contributed by atoms with van der Waals surface area (Å²) in [4.78, 5) is 0. The molecular formula is C23H22ClNO. The van der Waals surface area contributed by atoms with Crippen LogP contribution in [-0.2, 0) is 0 Å². The number of hydrogen-bond donors (Lipinski definition) is 1. The maximum atomic E-state index is 11.1. The fraction of sp³-hybridized carbons (Fsp3) is 0.217. The van der Waals surface area contributed by atoms with Gasteiger partial charge in [0.05, 0.1) is 12.1 Å². The molecule has 132 valence electrons. The third-order valence-corrected chi connectivity index (χ3v) is 5.62. The summed E-state index contributed by atoms with van der Waals surface area (Å²) in [6, 6.07) is 28.6. The predicted molar refractivity (Wildman–Crippen MR) is 105 cm³/mol. The minimum Gasteiger partial charge on any atom is -0.313 e. The van der Waals surface area contributed by atoms with Gasteiger partial charge in [-0.25, -0.2) is 0 Å². The summed E-state index contributed by atoms with van der Waals surface area (Å²) in [6.07, 6.45) is 1.76. The van der Waals surface area contributed by atoms with Gasteiger partial charge in [0.1, 0.15) is 0 Å². The molecule has 0 aliphatic carbocycles. The van der Waals surface area contributed by atoms with Gasteiger partial charge in [-0.1, -0.05) is 84.4 Å². The first-order chi connectivity index (χ1) is 12.7. The fourth-order valence-corrected chi connectivity index (χ4v) is 4.13. The molecule has 1 heterocycles. The van der Waals surface area contributed by atoms with E-state index in [-0.39, 0.29) is 12.1 Å². The number of benzene rings is 3. The summed E-state index contributed by atoms with van der Waals surface area (Å²) in [5, 5.41) is 13.4. The summed E-state index contributed by atoms with van der Waals surface area (Å²) in [6.45, 7) is 0. The van der Waals surface area contributed by atoms with Crippen LogP contribution < -0.4 is 0 Å². The standard InChI is InChI=1S/C23H22ClNO/c24-21-13-11-17(12-14-21)20-15-22(18-7-3-1-4-8-18)25(26)23(16-20)19-9-5-2-6-10-19/h1-14,20,22-23,26H,15-16H2/t20?,22-,23+. The molecule has 0 aromatic heterocycles. The van der Waals surface area contributed by atoms with Crippen LogP contribution >= 0.6 is 11.6 Å². The molecule has 2 nitrogen and oxygen atoms in total. The van der Waals surface area contributed by atoms with E-state index in [1.165, 1.54) is 5.56 Å². The van der Waals surface area contributed by atoms with Gasteiger partial charge in [0.15, 0.2) is 0 Å². The predicted octanol–water partition coefficient (Wildman–Crippen LogP) is 6.39. The first kappa shape index (κ1) is 17.3. The Balaban J connectivity index is 1.71. The molecule has 0 saturated carbocycles. The summed E-state index contributed by atoms with van der Waals surface area (Å²) in [7, 11) is 0. The van der Waals surface area contributed by atoms with E-state index < -0.39 is 0 Å². The molecule has 1 saturated heterocycles. The summed E-state index contributed by atoms with van der Waals surface area (Å²) >= 11 is 6.07. The Morgan fingerprint density at radius 3 is 1.58 bits per heavy atom. The van der Waals surface area contributed by atoms with E-state index in [9.17, 15) is 5.21 Å². The fourth-order valence-electron chi connectivity index (χ4n) is 4.00. The molecule has 0 bridgehead atoms. The van der Waals surface area contributed by atoms with Crippen LogP contribution in [0.3, 0.4) is 0 Å². The van der Waals surface area contributed by atoms with E-state index in [2.05, 4.69) is 36.4 Å². The number of hydrogen-bond acceptors (Lipinski definition) is 2. The van der Waals surface area contributed by atoms with Crippen molar-refractivity contribution < 1.29 is 5.21 Å². The second-order valence-electron chi connectivity index (χ2n) is 6.95. The molecule has 4 rings (SSSR count). The Kier molecular flexibility index (Phi) is 5.07. The van der Waals surface area contributed by atoms with Crippen LogP contribution in [-0.4, -0.2) is 10.3 Å². The van der Waals surface area contributed by atoms with Crippen molar-refractivity contribution in [2.45, 2.75) is 30.8 Å². The number of hydroxylamine groups is 2. The van der Waals surface area contributed by atoms with Crippen LogP contribution in [0.5, 0.6) is 0 Å². The van der Waals surface area contributed by atoms with Gasteiger partial charge in [-0.2, -0.15) is 5.06 Å². The Hall–Kier alpha value is -2.13. The molecule has 0 radical (unpaired) electrons. The van der Waals surface area contributed by atoms with E-state index in [4.69, 9.17) is 11.6 Å². The van der Waals surface area contributed by atoms with E-state index in [1.54, 1.807) is 5.06 Å². The van der Waals surface area contributed by atoms with Crippen molar-refractivity contribution in [3.05, 3.63) is 107 Å². The van der Waals surface area contributed by atoms with Crippen LogP contribution in [0.15, 0.2) is 84.9 Å². The molecule has 3 aromatic rings. The zero-order chi connectivity index (χ0) is 17.9. The van der Waals surface area contributed by atoms with Gasteiger partial charge >= 0.3 is 0 Å². The van der Waals surface area contributed by atoms with E-state index in [1.807, 2.05) is 48.5 Å². The van der Waals surface area contributed by atoms with Crippen LogP contribution in [0, 0.1) is 0 Å². The highest BCUT2D eigenvalue weighted by Gasteiger charge is 2.37. The number of nitrogens with zero attached hydrogens (tertiary/aromatic N) is 1. The highest BCUT2D eigenvalue weighted by molar-refractivity contribution is 6.30. The van der Waals surface area contributed by atoms with Crippen molar-refractivity contribution in [1.82, 2.24) is 5.06 Å². The van der Waals surface area contributed by atoms with E-state index in [0.717, 1.165) is 29.0 Å². The quantitative estimate of drug-likeness (QED) is 0.582. The maximum absolute atomic E-state index is 11.1. The van der Waals surface area contributed by atoms with Gasteiger partial charge in [0, 0.05) is 5.02 Å². The molecule has 3 atom stereocenters. The third-order valence-electron chi connectivity index (χ3n) is 5.36. The second kappa shape index (κ2) is 7.63. The lowest BCUT2D eigenvalue weighted by Gasteiger charge is -2.42. The molecule has 1 aliphatic rings. The molecule has 1 unspecified atom stereocenters. The third kappa shape index (κ3) is 3.54. The Bertz CT molecular complexity index is 786. The molecule has 3 heteroatoms. The van der Waals surface area contributed by atoms with Gasteiger partial charge in [0.25, 0.3) is 0 Å². The summed E-state index contributed by atoms with van der Waals surface area (Å²) in [5.74, 6) is 0.367. The molecule has 1 aliphatic heterocycles. The second-order valence-corrected chi connectivity index (χ2v) is 7.39. The average Bonchev–Trinajstić information content (AvgIpc) is 2.70. The molecule has 26 heavy (non-hydrogen) atoms. The van der Waals surface area contributed by atoms with Crippen molar-refractivity contribution in [2.75, 3.05) is 0 Å². The molecule has 0 amide bonds. The lowest BCUT2D eigenvalue weighted by atomic mass is 9.79. The summed E-state index contributed by atoms with van der Waals surface area (Å²) in [5.41, 5.74) is 3.58. The number of rotatable bonds is 3. The summed E-state index contributed by atoms with van der Waals surface area (Å²) < 4.78 is 0. The first-order valence-electron chi connectivity index (χ1n) is 9.05. The van der Waals surface area contributed by atoms with Gasteiger partial charge in [-0.05, 0) is 47.6 Å². The minimum atomic E-state index is -0.0316.